The lowest BCUT2D eigenvalue weighted by atomic mass is 10.1. The molecular formula is C17H17N. The van der Waals surface area contributed by atoms with Gasteiger partial charge in [0.1, 0.15) is 0 Å². The van der Waals surface area contributed by atoms with Crippen LogP contribution in [0.25, 0.3) is 5.70 Å². The fourth-order valence-corrected chi connectivity index (χ4v) is 1.73. The molecule has 0 amide bonds. The van der Waals surface area contributed by atoms with E-state index in [0.717, 1.165) is 22.5 Å². The van der Waals surface area contributed by atoms with Crippen LogP contribution < -0.4 is 5.32 Å². The van der Waals surface area contributed by atoms with Crippen molar-refractivity contribution in [3.63, 3.8) is 0 Å². The van der Waals surface area contributed by atoms with Gasteiger partial charge in [0.15, 0.2) is 0 Å². The molecule has 0 aliphatic heterocycles. The number of para-hydroxylation sites is 1. The third kappa shape index (κ3) is 3.36. The van der Waals surface area contributed by atoms with E-state index in [9.17, 15) is 0 Å². The molecule has 0 spiro atoms. The zero-order valence-corrected chi connectivity index (χ0v) is 10.6. The van der Waals surface area contributed by atoms with Crippen LogP contribution >= 0.6 is 0 Å². The Morgan fingerprint density at radius 1 is 0.944 bits per heavy atom. The highest BCUT2D eigenvalue weighted by Crippen LogP contribution is 2.19. The van der Waals surface area contributed by atoms with E-state index in [1.54, 1.807) is 0 Å². The van der Waals surface area contributed by atoms with Gasteiger partial charge in [-0.1, -0.05) is 60.7 Å². The molecule has 0 unspecified atom stereocenters. The second kappa shape index (κ2) is 5.87. The van der Waals surface area contributed by atoms with Crippen molar-refractivity contribution in [1.29, 1.82) is 0 Å². The van der Waals surface area contributed by atoms with Gasteiger partial charge in [-0.25, -0.2) is 0 Å². The second-order valence-corrected chi connectivity index (χ2v) is 4.26. The minimum absolute atomic E-state index is 1.03. The Balaban J connectivity index is 2.31. The van der Waals surface area contributed by atoms with E-state index in [2.05, 4.69) is 42.2 Å². The molecule has 0 heterocycles. The van der Waals surface area contributed by atoms with Crippen molar-refractivity contribution in [2.45, 2.75) is 6.92 Å². The number of hydrogen-bond donors (Lipinski definition) is 1. The Bertz CT molecular complexity index is 538. The van der Waals surface area contributed by atoms with Crippen LogP contribution in [0.1, 0.15) is 12.5 Å². The van der Waals surface area contributed by atoms with Gasteiger partial charge in [0.25, 0.3) is 0 Å². The van der Waals surface area contributed by atoms with Gasteiger partial charge in [0.2, 0.25) is 0 Å². The topological polar surface area (TPSA) is 12.0 Å². The molecule has 1 heteroatoms. The molecular weight excluding hydrogens is 218 g/mol. The number of allylic oxidation sites excluding steroid dienone is 2. The lowest BCUT2D eigenvalue weighted by Crippen LogP contribution is -1.98. The highest BCUT2D eigenvalue weighted by molar-refractivity contribution is 5.78. The molecule has 0 fully saturated rings. The molecule has 0 aromatic heterocycles. The summed E-state index contributed by atoms with van der Waals surface area (Å²) in [5.41, 5.74) is 4.32. The summed E-state index contributed by atoms with van der Waals surface area (Å²) in [5, 5.41) is 3.43. The second-order valence-electron chi connectivity index (χ2n) is 4.26. The summed E-state index contributed by atoms with van der Waals surface area (Å²) in [4.78, 5) is 0. The SMILES string of the molecule is C=C(C)C=C(Nc1ccccc1)c1ccccc1. The van der Waals surface area contributed by atoms with Gasteiger partial charge in [-0.15, -0.1) is 0 Å². The quantitative estimate of drug-likeness (QED) is 0.756. The van der Waals surface area contributed by atoms with E-state index in [1.165, 1.54) is 0 Å². The van der Waals surface area contributed by atoms with Crippen molar-refractivity contribution in [2.75, 3.05) is 5.32 Å². The zero-order chi connectivity index (χ0) is 12.8. The Labute approximate surface area is 108 Å². The first-order valence-corrected chi connectivity index (χ1v) is 6.00. The van der Waals surface area contributed by atoms with Crippen LogP contribution in [0, 0.1) is 0 Å². The predicted molar refractivity (Wildman–Crippen MR) is 79.3 cm³/mol. The molecule has 0 aliphatic carbocycles. The number of rotatable bonds is 4. The molecule has 2 aromatic rings. The molecule has 1 N–H and O–H groups in total. The molecule has 2 aromatic carbocycles. The number of anilines is 1. The highest BCUT2D eigenvalue weighted by Gasteiger charge is 2.01. The molecule has 0 saturated heterocycles. The van der Waals surface area contributed by atoms with E-state index in [-0.39, 0.29) is 0 Å². The van der Waals surface area contributed by atoms with Gasteiger partial charge < -0.3 is 5.32 Å². The molecule has 18 heavy (non-hydrogen) atoms. The standard InChI is InChI=1S/C17H17N/c1-14(2)13-17(15-9-5-3-6-10-15)18-16-11-7-4-8-12-16/h3-13,18H,1H2,2H3. The van der Waals surface area contributed by atoms with Gasteiger partial charge in [-0.3, -0.25) is 0 Å². The third-order valence-electron chi connectivity index (χ3n) is 2.53. The van der Waals surface area contributed by atoms with E-state index in [0.29, 0.717) is 0 Å². The Hall–Kier alpha value is -2.28. The maximum absolute atomic E-state index is 3.95. The van der Waals surface area contributed by atoms with Gasteiger partial charge >= 0.3 is 0 Å². The molecule has 0 atom stereocenters. The van der Waals surface area contributed by atoms with Gasteiger partial charge in [-0.05, 0) is 30.7 Å². The molecule has 0 bridgehead atoms. The van der Waals surface area contributed by atoms with Crippen molar-refractivity contribution in [2.24, 2.45) is 0 Å². The molecule has 2 rings (SSSR count). The average molecular weight is 235 g/mol. The van der Waals surface area contributed by atoms with E-state index in [1.807, 2.05) is 43.3 Å². The van der Waals surface area contributed by atoms with Crippen molar-refractivity contribution in [1.82, 2.24) is 0 Å². The fraction of sp³-hybridized carbons (Fsp3) is 0.0588. The van der Waals surface area contributed by atoms with Gasteiger partial charge in [-0.2, -0.15) is 0 Å². The molecule has 0 radical (unpaired) electrons. The molecule has 0 saturated carbocycles. The monoisotopic (exact) mass is 235 g/mol. The first-order chi connectivity index (χ1) is 8.75. The number of nitrogens with one attached hydrogen (secondary N) is 1. The van der Waals surface area contributed by atoms with Gasteiger partial charge in [0.05, 0.1) is 0 Å². The van der Waals surface area contributed by atoms with E-state index < -0.39 is 0 Å². The Kier molecular flexibility index (Phi) is 3.98. The first-order valence-electron chi connectivity index (χ1n) is 6.00. The average Bonchev–Trinajstić information content (AvgIpc) is 2.40. The summed E-state index contributed by atoms with van der Waals surface area (Å²) in [6, 6.07) is 20.4. The van der Waals surface area contributed by atoms with Crippen molar-refractivity contribution < 1.29 is 0 Å². The summed E-state index contributed by atoms with van der Waals surface area (Å²) in [6.45, 7) is 5.94. The van der Waals surface area contributed by atoms with Crippen LogP contribution in [0.4, 0.5) is 5.69 Å². The zero-order valence-electron chi connectivity index (χ0n) is 10.6. The summed E-state index contributed by atoms with van der Waals surface area (Å²) >= 11 is 0. The normalized spacial score (nSPS) is 11.1. The minimum Gasteiger partial charge on any atom is -0.355 e. The van der Waals surface area contributed by atoms with E-state index in [4.69, 9.17) is 0 Å². The van der Waals surface area contributed by atoms with Crippen LogP contribution in [0.3, 0.4) is 0 Å². The summed E-state index contributed by atoms with van der Waals surface area (Å²) in [5.74, 6) is 0. The van der Waals surface area contributed by atoms with Crippen LogP contribution in [0.2, 0.25) is 0 Å². The fourth-order valence-electron chi connectivity index (χ4n) is 1.73. The molecule has 90 valence electrons. The lowest BCUT2D eigenvalue weighted by molar-refractivity contribution is 1.49. The summed E-state index contributed by atoms with van der Waals surface area (Å²) in [7, 11) is 0. The van der Waals surface area contributed by atoms with Crippen molar-refractivity contribution >= 4 is 11.4 Å². The molecule has 0 aliphatic rings. The van der Waals surface area contributed by atoms with Crippen LogP contribution in [0.15, 0.2) is 78.9 Å². The van der Waals surface area contributed by atoms with Crippen molar-refractivity contribution in [3.05, 3.63) is 84.5 Å². The Morgan fingerprint density at radius 2 is 1.50 bits per heavy atom. The van der Waals surface area contributed by atoms with E-state index >= 15 is 0 Å². The first kappa shape index (κ1) is 12.2. The highest BCUT2D eigenvalue weighted by atomic mass is 14.9. The van der Waals surface area contributed by atoms with Gasteiger partial charge in [0, 0.05) is 11.4 Å². The molecule has 1 nitrogen and oxygen atoms in total. The maximum Gasteiger partial charge on any atom is 0.0460 e. The predicted octanol–water partition coefficient (Wildman–Crippen LogP) is 4.72. The smallest absolute Gasteiger partial charge is 0.0460 e. The summed E-state index contributed by atoms with van der Waals surface area (Å²) < 4.78 is 0. The maximum atomic E-state index is 3.95. The largest absolute Gasteiger partial charge is 0.355 e. The lowest BCUT2D eigenvalue weighted by Gasteiger charge is -2.11. The number of benzene rings is 2. The van der Waals surface area contributed by atoms with Crippen LogP contribution in [-0.2, 0) is 0 Å². The van der Waals surface area contributed by atoms with Crippen molar-refractivity contribution in [3.8, 4) is 0 Å². The van der Waals surface area contributed by atoms with Crippen LogP contribution in [-0.4, -0.2) is 0 Å². The summed E-state index contributed by atoms with van der Waals surface area (Å²) in [6.07, 6.45) is 2.06. The third-order valence-corrected chi connectivity index (χ3v) is 2.53. The minimum atomic E-state index is 1.03. The number of hydrogen-bond acceptors (Lipinski definition) is 1. The Morgan fingerprint density at radius 3 is 2.06 bits per heavy atom. The van der Waals surface area contributed by atoms with Crippen LogP contribution in [0.5, 0.6) is 0 Å².